The average molecular weight is 926 g/mol. The van der Waals surface area contributed by atoms with Crippen molar-refractivity contribution >= 4 is 46.3 Å². The summed E-state index contributed by atoms with van der Waals surface area (Å²) in [7, 11) is 0. The number of carbonyl (C=O) groups is 2. The lowest BCUT2D eigenvalue weighted by Gasteiger charge is -2.37. The number of ether oxygens (including phenoxy) is 4. The minimum atomic E-state index is -0.504. The van der Waals surface area contributed by atoms with Crippen LogP contribution in [-0.4, -0.2) is 164 Å². The van der Waals surface area contributed by atoms with Crippen LogP contribution in [0.15, 0.2) is 54.6 Å². The van der Waals surface area contributed by atoms with E-state index in [4.69, 9.17) is 24.7 Å². The second kappa shape index (κ2) is 22.9. The summed E-state index contributed by atoms with van der Waals surface area (Å²) < 4.78 is 64.2. The van der Waals surface area contributed by atoms with Gasteiger partial charge in [-0.2, -0.15) is 0 Å². The number of amides is 2. The highest BCUT2D eigenvalue weighted by atomic mass is 19.1. The number of nitrogens with two attached hydrogens (primary N) is 1. The zero-order valence-corrected chi connectivity index (χ0v) is 39.6. The Balaban J connectivity index is 0.000000166. The molecule has 5 aliphatic rings. The van der Waals surface area contributed by atoms with Gasteiger partial charge in [0.15, 0.2) is 0 Å². The molecule has 15 nitrogen and oxygen atoms in total. The van der Waals surface area contributed by atoms with E-state index < -0.39 is 11.2 Å². The van der Waals surface area contributed by atoms with E-state index in [0.717, 1.165) is 82.6 Å². The fourth-order valence-electron chi connectivity index (χ4n) is 8.14. The van der Waals surface area contributed by atoms with Gasteiger partial charge in [0, 0.05) is 122 Å². The monoisotopic (exact) mass is 926 g/mol. The van der Waals surface area contributed by atoms with Gasteiger partial charge in [0.25, 0.3) is 0 Å². The summed E-state index contributed by atoms with van der Waals surface area (Å²) in [5, 5.41) is 3.28. The molecule has 3 aromatic rings. The van der Waals surface area contributed by atoms with Gasteiger partial charge in [0.05, 0.1) is 43.5 Å². The zero-order chi connectivity index (χ0) is 47.4. The number of anilines is 6. The van der Waals surface area contributed by atoms with Crippen LogP contribution in [0.1, 0.15) is 41.5 Å². The molecule has 0 bridgehead atoms. The number of halogens is 3. The van der Waals surface area contributed by atoms with E-state index in [1.807, 2.05) is 75.6 Å². The minimum absolute atomic E-state index is 0.120. The van der Waals surface area contributed by atoms with E-state index in [1.54, 1.807) is 34.1 Å². The number of rotatable bonds is 5. The Kier molecular flexibility index (Phi) is 17.4. The molecule has 18 heteroatoms. The van der Waals surface area contributed by atoms with Crippen molar-refractivity contribution in [2.24, 2.45) is 0 Å². The van der Waals surface area contributed by atoms with Crippen LogP contribution in [-0.2, 0) is 18.9 Å². The fourth-order valence-corrected chi connectivity index (χ4v) is 8.14. The van der Waals surface area contributed by atoms with Gasteiger partial charge in [0.1, 0.15) is 28.7 Å². The summed E-state index contributed by atoms with van der Waals surface area (Å²) in [6.45, 7) is 25.1. The summed E-state index contributed by atoms with van der Waals surface area (Å²) in [5.74, 6) is -0.675. The number of nitrogen functional groups attached to an aromatic ring is 1. The maximum Gasteiger partial charge on any atom is 0.410 e. The number of benzene rings is 3. The van der Waals surface area contributed by atoms with Gasteiger partial charge in [-0.1, -0.05) is 0 Å². The first kappa shape index (κ1) is 50.1. The van der Waals surface area contributed by atoms with E-state index in [1.165, 1.54) is 6.07 Å². The van der Waals surface area contributed by atoms with Crippen LogP contribution in [0.3, 0.4) is 0 Å². The van der Waals surface area contributed by atoms with Gasteiger partial charge in [0.2, 0.25) is 0 Å². The molecule has 0 aromatic heterocycles. The molecule has 0 spiro atoms. The standard InChI is InChI=1S/C19H28FN3O3.C15H22FN3O2.C14H20FN3O/c1-19(2,3)26-18(24)23-8-6-22(7-9-23)17-5-4-15(14-16(17)20)21-10-12-25-13-11-21;1-15(2,3)21-14(20)19-8-6-18(7-9-19)13-5-4-11(17)10-12(13)16;15-13-11-12(17-7-9-19-10-8-17)1-2-14(13)18-5-3-16-4-6-18/h4-5,14H,6-13H2,1-3H3;4-5,10H,6-9,17H2,1-3H3;1-2,11,16H,3-10H2. The van der Waals surface area contributed by atoms with Gasteiger partial charge in [-0.05, 0) is 96.1 Å². The first-order chi connectivity index (χ1) is 31.4. The molecule has 5 saturated heterocycles. The predicted molar refractivity (Wildman–Crippen MR) is 255 cm³/mol. The molecule has 0 aliphatic carbocycles. The summed E-state index contributed by atoms with van der Waals surface area (Å²) in [6, 6.07) is 15.6. The van der Waals surface area contributed by atoms with E-state index in [9.17, 15) is 22.8 Å². The second-order valence-corrected chi connectivity index (χ2v) is 18.8. The molecule has 0 saturated carbocycles. The molecule has 0 radical (unpaired) electrons. The Morgan fingerprint density at radius 3 is 1.20 bits per heavy atom. The van der Waals surface area contributed by atoms with Crippen molar-refractivity contribution in [2.75, 3.05) is 161 Å². The second-order valence-electron chi connectivity index (χ2n) is 18.8. The highest BCUT2D eigenvalue weighted by Crippen LogP contribution is 2.29. The van der Waals surface area contributed by atoms with Gasteiger partial charge >= 0.3 is 12.2 Å². The number of piperazine rings is 3. The molecule has 0 atom stereocenters. The van der Waals surface area contributed by atoms with E-state index in [0.29, 0.717) is 82.6 Å². The molecule has 3 N–H and O–H groups in total. The van der Waals surface area contributed by atoms with Crippen LogP contribution in [0.4, 0.5) is 56.9 Å². The Morgan fingerprint density at radius 1 is 0.500 bits per heavy atom. The zero-order valence-electron chi connectivity index (χ0n) is 39.6. The molecule has 5 fully saturated rings. The van der Waals surface area contributed by atoms with Crippen LogP contribution >= 0.6 is 0 Å². The Hall–Kier alpha value is -5.33. The van der Waals surface area contributed by atoms with E-state index in [2.05, 4.69) is 20.0 Å². The maximum atomic E-state index is 14.7. The Morgan fingerprint density at radius 2 is 0.848 bits per heavy atom. The van der Waals surface area contributed by atoms with Crippen molar-refractivity contribution in [1.82, 2.24) is 15.1 Å². The molecule has 5 aliphatic heterocycles. The number of nitrogens with one attached hydrogen (secondary N) is 1. The highest BCUT2D eigenvalue weighted by molar-refractivity contribution is 5.69. The molecule has 8 rings (SSSR count). The normalized spacial score (nSPS) is 18.5. The SMILES string of the molecule is CC(C)(C)OC(=O)N1CCN(c2ccc(N)cc2F)CC1.CC(C)(C)OC(=O)N1CCN(c2ccc(N3CCOCC3)cc2F)CC1.Fc1cc(N2CCOCC2)ccc1N1CCNCC1. The van der Waals surface area contributed by atoms with Gasteiger partial charge in [-0.15, -0.1) is 0 Å². The summed E-state index contributed by atoms with van der Waals surface area (Å²) in [6.07, 6.45) is -0.625. The first-order valence-electron chi connectivity index (χ1n) is 23.1. The molecular weight excluding hydrogens is 856 g/mol. The lowest BCUT2D eigenvalue weighted by molar-refractivity contribution is 0.0230. The number of hydrogen-bond donors (Lipinski definition) is 2. The maximum absolute atomic E-state index is 14.7. The van der Waals surface area contributed by atoms with Crippen LogP contribution in [0.2, 0.25) is 0 Å². The van der Waals surface area contributed by atoms with Crippen molar-refractivity contribution in [3.63, 3.8) is 0 Å². The third kappa shape index (κ3) is 14.6. The van der Waals surface area contributed by atoms with Gasteiger partial charge in [-0.3, -0.25) is 0 Å². The highest BCUT2D eigenvalue weighted by Gasteiger charge is 2.29. The first-order valence-corrected chi connectivity index (χ1v) is 23.1. The van der Waals surface area contributed by atoms with Crippen molar-refractivity contribution in [1.29, 1.82) is 0 Å². The van der Waals surface area contributed by atoms with E-state index in [-0.39, 0.29) is 29.6 Å². The quantitative estimate of drug-likeness (QED) is 0.280. The third-order valence-electron chi connectivity index (χ3n) is 11.6. The lowest BCUT2D eigenvalue weighted by atomic mass is 10.2. The molecule has 5 heterocycles. The van der Waals surface area contributed by atoms with E-state index >= 15 is 0 Å². The molecule has 2 amide bonds. The van der Waals surface area contributed by atoms with Crippen LogP contribution in [0, 0.1) is 17.5 Å². The van der Waals surface area contributed by atoms with Gasteiger partial charge < -0.3 is 64.3 Å². The molecule has 364 valence electrons. The Labute approximate surface area is 388 Å². The number of nitrogens with zero attached hydrogens (tertiary/aromatic N) is 7. The molecular formula is C48H70F3N9O6. The summed E-state index contributed by atoms with van der Waals surface area (Å²) in [5.41, 5.74) is 8.63. The largest absolute Gasteiger partial charge is 0.444 e. The topological polar surface area (TPSA) is 132 Å². The summed E-state index contributed by atoms with van der Waals surface area (Å²) >= 11 is 0. The fraction of sp³-hybridized carbons (Fsp3) is 0.583. The van der Waals surface area contributed by atoms with Crippen LogP contribution in [0.5, 0.6) is 0 Å². The van der Waals surface area contributed by atoms with Crippen molar-refractivity contribution in [3.8, 4) is 0 Å². The van der Waals surface area contributed by atoms with Crippen molar-refractivity contribution in [3.05, 3.63) is 72.0 Å². The number of carbonyl (C=O) groups excluding carboxylic acids is 2. The Bertz CT molecular complexity index is 2040. The molecule has 0 unspecified atom stereocenters. The number of morpholine rings is 2. The predicted octanol–water partition coefficient (Wildman–Crippen LogP) is 6.26. The van der Waals surface area contributed by atoms with Crippen molar-refractivity contribution in [2.45, 2.75) is 52.7 Å². The third-order valence-corrected chi connectivity index (χ3v) is 11.6. The van der Waals surface area contributed by atoms with Gasteiger partial charge in [-0.25, -0.2) is 22.8 Å². The molecule has 3 aromatic carbocycles. The van der Waals surface area contributed by atoms with Crippen LogP contribution in [0.25, 0.3) is 0 Å². The van der Waals surface area contributed by atoms with Crippen LogP contribution < -0.4 is 35.6 Å². The lowest BCUT2D eigenvalue weighted by Crippen LogP contribution is -2.50. The minimum Gasteiger partial charge on any atom is -0.444 e. The number of hydrogen-bond acceptors (Lipinski definition) is 13. The smallest absolute Gasteiger partial charge is 0.410 e. The van der Waals surface area contributed by atoms with Crippen molar-refractivity contribution < 1.29 is 41.7 Å². The summed E-state index contributed by atoms with van der Waals surface area (Å²) in [4.78, 5) is 37.7. The average Bonchev–Trinajstić information content (AvgIpc) is 3.29. The molecule has 66 heavy (non-hydrogen) atoms.